The van der Waals surface area contributed by atoms with Crippen LogP contribution in [0.2, 0.25) is 0 Å². The van der Waals surface area contributed by atoms with Crippen molar-refractivity contribution in [3.05, 3.63) is 10.4 Å². The average Bonchev–Trinajstić information content (AvgIpc) is 2.32. The summed E-state index contributed by atoms with van der Waals surface area (Å²) in [7, 11) is 0. The topological polar surface area (TPSA) is 61.2 Å². The van der Waals surface area contributed by atoms with Gasteiger partial charge in [-0.05, 0) is 17.1 Å². The highest BCUT2D eigenvalue weighted by Crippen LogP contribution is 2.01. The second-order valence-corrected chi connectivity index (χ2v) is 2.79. The molecule has 1 rings (SSSR count). The van der Waals surface area contributed by atoms with Gasteiger partial charge in [-0.25, -0.2) is 0 Å². The zero-order valence-corrected chi connectivity index (χ0v) is 7.46. The number of hydrogen-bond acceptors (Lipinski definition) is 2. The minimum absolute atomic E-state index is 0.322. The van der Waals surface area contributed by atoms with Crippen molar-refractivity contribution in [2.45, 2.75) is 6.42 Å². The number of thiocarbonyl (C=S) groups is 1. The summed E-state index contributed by atoms with van der Waals surface area (Å²) < 4.78 is 5.22. The molecule has 1 aliphatic rings. The molecule has 6 heteroatoms. The molecule has 0 N–H and O–H groups in total. The van der Waals surface area contributed by atoms with Crippen molar-refractivity contribution in [1.29, 1.82) is 0 Å². The maximum absolute atomic E-state index is 8.15. The van der Waals surface area contributed by atoms with Crippen molar-refractivity contribution in [3.63, 3.8) is 0 Å². The Morgan fingerprint density at radius 2 is 2.33 bits per heavy atom. The van der Waals surface area contributed by atoms with E-state index in [4.69, 9.17) is 22.5 Å². The molecule has 1 heterocycles. The van der Waals surface area contributed by atoms with Crippen molar-refractivity contribution >= 4 is 17.3 Å². The fraction of sp³-hybridized carbons (Fsp3) is 0.833. The van der Waals surface area contributed by atoms with Crippen molar-refractivity contribution in [2.24, 2.45) is 5.11 Å². The lowest BCUT2D eigenvalue weighted by atomic mass is 10.4. The van der Waals surface area contributed by atoms with E-state index in [1.165, 1.54) is 0 Å². The Hall–Kier alpha value is -0.840. The lowest BCUT2D eigenvalue weighted by molar-refractivity contribution is 0.147. The second kappa shape index (κ2) is 4.92. The van der Waals surface area contributed by atoms with E-state index in [9.17, 15) is 0 Å². The van der Waals surface area contributed by atoms with E-state index in [1.54, 1.807) is 0 Å². The van der Waals surface area contributed by atoms with Crippen LogP contribution in [0.25, 0.3) is 10.4 Å². The van der Waals surface area contributed by atoms with Crippen LogP contribution in [0, 0.1) is 0 Å². The summed E-state index contributed by atoms with van der Waals surface area (Å²) in [5.74, 6) is 0. The van der Waals surface area contributed by atoms with Crippen LogP contribution in [0.4, 0.5) is 0 Å². The van der Waals surface area contributed by atoms with Crippen molar-refractivity contribution in [1.82, 2.24) is 4.90 Å². The average molecular weight is 186 g/mol. The molecule has 0 aromatic carbocycles. The maximum Gasteiger partial charge on any atom is 0.165 e. The first-order valence-corrected chi connectivity index (χ1v) is 4.17. The van der Waals surface area contributed by atoms with Crippen LogP contribution in [-0.4, -0.2) is 36.3 Å². The zero-order chi connectivity index (χ0) is 8.81. The molecule has 12 heavy (non-hydrogen) atoms. The Morgan fingerprint density at radius 3 is 3.08 bits per heavy atom. The van der Waals surface area contributed by atoms with Gasteiger partial charge in [-0.15, -0.1) is 0 Å². The van der Waals surface area contributed by atoms with Crippen molar-refractivity contribution in [3.8, 4) is 0 Å². The van der Waals surface area contributed by atoms with E-state index in [-0.39, 0.29) is 0 Å². The van der Waals surface area contributed by atoms with Crippen molar-refractivity contribution in [2.75, 3.05) is 26.3 Å². The van der Waals surface area contributed by atoms with Gasteiger partial charge in [0.25, 0.3) is 0 Å². The third kappa shape index (κ3) is 2.65. The monoisotopic (exact) mass is 186 g/mol. The highest BCUT2D eigenvalue weighted by Gasteiger charge is 2.10. The fourth-order valence-electron chi connectivity index (χ4n) is 1.04. The maximum atomic E-state index is 8.15. The minimum atomic E-state index is 0.322. The number of hydrogen-bond donors (Lipinski definition) is 0. The van der Waals surface area contributed by atoms with Crippen LogP contribution >= 0.6 is 12.2 Å². The Balaban J connectivity index is 2.48. The Morgan fingerprint density at radius 1 is 1.50 bits per heavy atom. The summed E-state index contributed by atoms with van der Waals surface area (Å²) in [6.07, 6.45) is 0.932. The summed E-state index contributed by atoms with van der Waals surface area (Å²) in [6.45, 7) is 2.95. The second-order valence-electron chi connectivity index (χ2n) is 2.42. The fourth-order valence-corrected chi connectivity index (χ4v) is 1.26. The first-order chi connectivity index (χ1) is 5.84. The lowest BCUT2D eigenvalue weighted by Crippen LogP contribution is -2.30. The van der Waals surface area contributed by atoms with Crippen molar-refractivity contribution < 1.29 is 4.74 Å². The highest BCUT2D eigenvalue weighted by molar-refractivity contribution is 7.80. The number of ether oxygens (including phenoxy) is 1. The van der Waals surface area contributed by atoms with Crippen LogP contribution < -0.4 is 0 Å². The molecular weight excluding hydrogens is 176 g/mol. The predicted octanol–water partition coefficient (Wildman–Crippen LogP) is 1.30. The molecule has 1 aliphatic heterocycles. The summed E-state index contributed by atoms with van der Waals surface area (Å²) >= 11 is 4.88. The molecule has 1 fully saturated rings. The normalized spacial score (nSPS) is 17.8. The van der Waals surface area contributed by atoms with Gasteiger partial charge < -0.3 is 9.64 Å². The minimum Gasteiger partial charge on any atom is -0.380 e. The first kappa shape index (κ1) is 9.25. The van der Waals surface area contributed by atoms with E-state index < -0.39 is 0 Å². The number of azide groups is 1. The summed E-state index contributed by atoms with van der Waals surface area (Å²) in [5, 5.41) is 3.69. The lowest BCUT2D eigenvalue weighted by Gasteiger charge is -2.18. The Kier molecular flexibility index (Phi) is 3.79. The van der Waals surface area contributed by atoms with Gasteiger partial charge >= 0.3 is 0 Å². The largest absolute Gasteiger partial charge is 0.380 e. The molecule has 5 nitrogen and oxygen atoms in total. The van der Waals surface area contributed by atoms with Crippen LogP contribution in [0.1, 0.15) is 6.42 Å². The summed E-state index contributed by atoms with van der Waals surface area (Å²) in [6, 6.07) is 0. The molecule has 1 saturated heterocycles. The third-order valence-electron chi connectivity index (χ3n) is 1.62. The molecule has 0 aromatic heterocycles. The molecule has 0 aliphatic carbocycles. The van der Waals surface area contributed by atoms with Gasteiger partial charge in [-0.3, -0.25) is 0 Å². The molecular formula is C6H10N4OS. The quantitative estimate of drug-likeness (QED) is 0.248. The van der Waals surface area contributed by atoms with Gasteiger partial charge in [-0.2, -0.15) is 0 Å². The van der Waals surface area contributed by atoms with Gasteiger partial charge in [-0.1, -0.05) is 12.2 Å². The molecule has 66 valence electrons. The number of nitrogens with zero attached hydrogens (tertiary/aromatic N) is 4. The Labute approximate surface area is 75.9 Å². The SMILES string of the molecule is [N-]=[N+]=NC(=S)N1CCCOCC1. The van der Waals surface area contributed by atoms with Crippen LogP contribution in [-0.2, 0) is 4.74 Å². The standard InChI is InChI=1S/C6H10N4OS/c7-9-8-6(12)10-2-1-4-11-5-3-10/h1-5H2. The van der Waals surface area contributed by atoms with E-state index in [1.807, 2.05) is 4.90 Å². The summed E-state index contributed by atoms with van der Waals surface area (Å²) in [4.78, 5) is 4.51. The molecule has 0 radical (unpaired) electrons. The zero-order valence-electron chi connectivity index (χ0n) is 6.64. The van der Waals surface area contributed by atoms with E-state index in [0.717, 1.165) is 26.1 Å². The molecule has 0 saturated carbocycles. The van der Waals surface area contributed by atoms with Gasteiger partial charge in [0.05, 0.1) is 6.61 Å². The molecule has 0 bridgehead atoms. The first-order valence-electron chi connectivity index (χ1n) is 3.76. The molecule has 0 atom stereocenters. The molecule has 0 unspecified atom stereocenters. The van der Waals surface area contributed by atoms with Crippen LogP contribution in [0.5, 0.6) is 0 Å². The van der Waals surface area contributed by atoms with Gasteiger partial charge in [0.15, 0.2) is 5.11 Å². The third-order valence-corrected chi connectivity index (χ3v) is 1.96. The van der Waals surface area contributed by atoms with Gasteiger partial charge in [0.2, 0.25) is 0 Å². The molecule has 0 amide bonds. The summed E-state index contributed by atoms with van der Waals surface area (Å²) in [5.41, 5.74) is 8.15. The molecule has 0 aromatic rings. The van der Waals surface area contributed by atoms with Gasteiger partial charge in [0, 0.05) is 24.6 Å². The number of rotatable bonds is 0. The van der Waals surface area contributed by atoms with E-state index in [0.29, 0.717) is 11.7 Å². The highest BCUT2D eigenvalue weighted by atomic mass is 32.1. The van der Waals surface area contributed by atoms with Crippen LogP contribution in [0.15, 0.2) is 5.11 Å². The Bertz CT molecular complexity index is 206. The van der Waals surface area contributed by atoms with Crippen LogP contribution in [0.3, 0.4) is 0 Å². The predicted molar refractivity (Wildman–Crippen MR) is 48.8 cm³/mol. The molecule has 0 spiro atoms. The smallest absolute Gasteiger partial charge is 0.165 e. The van der Waals surface area contributed by atoms with Gasteiger partial charge in [0.1, 0.15) is 0 Å². The van der Waals surface area contributed by atoms with E-state index in [2.05, 4.69) is 10.0 Å². The van der Waals surface area contributed by atoms with E-state index >= 15 is 0 Å².